The minimum atomic E-state index is -1.37. The van der Waals surface area contributed by atoms with E-state index in [2.05, 4.69) is 0 Å². The van der Waals surface area contributed by atoms with Crippen LogP contribution in [0.2, 0.25) is 0 Å². The molecule has 0 bridgehead atoms. The van der Waals surface area contributed by atoms with Gasteiger partial charge in [-0.3, -0.25) is 4.79 Å². The van der Waals surface area contributed by atoms with E-state index in [-0.39, 0.29) is 0 Å². The van der Waals surface area contributed by atoms with E-state index in [4.69, 9.17) is 20.3 Å². The number of ether oxygens (including phenoxy) is 2. The highest BCUT2D eigenvalue weighted by Crippen LogP contribution is 2.20. The fraction of sp³-hybridized carbons (Fsp3) is 0.875. The molecule has 88 valence electrons. The maximum Gasteiger partial charge on any atom is 0.303 e. The summed E-state index contributed by atoms with van der Waals surface area (Å²) >= 11 is 0. The average molecular weight is 221 g/mol. The van der Waals surface area contributed by atoms with Gasteiger partial charge < -0.3 is 30.5 Å². The third-order valence-corrected chi connectivity index (χ3v) is 2.21. The lowest BCUT2D eigenvalue weighted by atomic mass is 9.98. The lowest BCUT2D eigenvalue weighted by molar-refractivity contribution is -0.236. The Morgan fingerprint density at radius 2 is 2.07 bits per heavy atom. The summed E-state index contributed by atoms with van der Waals surface area (Å²) in [6, 6.07) is 0. The van der Waals surface area contributed by atoms with Crippen molar-refractivity contribution < 1.29 is 29.6 Å². The standard InChI is InChI=1S/C8H15NO6/c1-3(11)14-7-6(13)5(12)4(2-10)15-8(7)9/h4-8,10,12-13H,2,9H2,1H3/t4-,5-,6+,7-,8?/m1/s1. The Morgan fingerprint density at radius 3 is 2.53 bits per heavy atom. The molecule has 1 rings (SSSR count). The van der Waals surface area contributed by atoms with Gasteiger partial charge in [0.2, 0.25) is 0 Å². The van der Waals surface area contributed by atoms with Gasteiger partial charge in [0.05, 0.1) is 6.61 Å². The van der Waals surface area contributed by atoms with E-state index in [9.17, 15) is 15.0 Å². The Hall–Kier alpha value is -0.730. The van der Waals surface area contributed by atoms with Gasteiger partial charge in [0.25, 0.3) is 0 Å². The quantitative estimate of drug-likeness (QED) is 0.375. The number of hydrogen-bond acceptors (Lipinski definition) is 7. The van der Waals surface area contributed by atoms with Crippen molar-refractivity contribution in [2.45, 2.75) is 37.6 Å². The highest BCUT2D eigenvalue weighted by atomic mass is 16.6. The van der Waals surface area contributed by atoms with Crippen LogP contribution in [0.1, 0.15) is 6.92 Å². The molecule has 5 N–H and O–H groups in total. The zero-order valence-corrected chi connectivity index (χ0v) is 8.24. The summed E-state index contributed by atoms with van der Waals surface area (Å²) in [4.78, 5) is 10.7. The molecule has 0 aromatic heterocycles. The normalized spacial score (nSPS) is 41.3. The maximum atomic E-state index is 10.7. The third-order valence-electron chi connectivity index (χ3n) is 2.21. The second-order valence-corrected chi connectivity index (χ2v) is 3.38. The van der Waals surface area contributed by atoms with Crippen LogP contribution in [0.3, 0.4) is 0 Å². The molecule has 5 atom stereocenters. The van der Waals surface area contributed by atoms with Crippen molar-refractivity contribution in [3.8, 4) is 0 Å². The van der Waals surface area contributed by atoms with Crippen LogP contribution in [0.5, 0.6) is 0 Å². The summed E-state index contributed by atoms with van der Waals surface area (Å²) < 4.78 is 9.67. The van der Waals surface area contributed by atoms with Crippen LogP contribution in [-0.2, 0) is 14.3 Å². The minimum absolute atomic E-state index is 0.473. The largest absolute Gasteiger partial charge is 0.455 e. The summed E-state index contributed by atoms with van der Waals surface area (Å²) in [5.74, 6) is -0.632. The number of rotatable bonds is 2. The molecule has 0 aromatic carbocycles. The topological polar surface area (TPSA) is 122 Å². The first kappa shape index (κ1) is 12.3. The Labute approximate surface area is 86.4 Å². The van der Waals surface area contributed by atoms with Gasteiger partial charge in [-0.1, -0.05) is 0 Å². The summed E-state index contributed by atoms with van der Waals surface area (Å²) in [6.45, 7) is 0.683. The van der Waals surface area contributed by atoms with Gasteiger partial charge in [-0.25, -0.2) is 0 Å². The molecule has 0 spiro atoms. The van der Waals surface area contributed by atoms with Gasteiger partial charge in [-0.05, 0) is 0 Å². The molecule has 0 aliphatic carbocycles. The molecule has 1 fully saturated rings. The van der Waals surface area contributed by atoms with Gasteiger partial charge in [-0.15, -0.1) is 0 Å². The Bertz CT molecular complexity index is 235. The predicted molar refractivity (Wildman–Crippen MR) is 47.5 cm³/mol. The molecular weight excluding hydrogens is 206 g/mol. The molecule has 1 aliphatic rings. The summed E-state index contributed by atoms with van der Waals surface area (Å²) in [5, 5.41) is 27.8. The zero-order valence-electron chi connectivity index (χ0n) is 8.24. The monoisotopic (exact) mass is 221 g/mol. The van der Waals surface area contributed by atoms with E-state index >= 15 is 0 Å². The first-order chi connectivity index (χ1) is 6.97. The van der Waals surface area contributed by atoms with E-state index < -0.39 is 43.2 Å². The molecule has 7 nitrogen and oxygen atoms in total. The van der Waals surface area contributed by atoms with Crippen molar-refractivity contribution in [3.05, 3.63) is 0 Å². The van der Waals surface area contributed by atoms with Gasteiger partial charge >= 0.3 is 5.97 Å². The van der Waals surface area contributed by atoms with Crippen LogP contribution < -0.4 is 5.73 Å². The number of nitrogens with two attached hydrogens (primary N) is 1. The minimum Gasteiger partial charge on any atom is -0.455 e. The maximum absolute atomic E-state index is 10.7. The number of aliphatic hydroxyl groups is 3. The molecular formula is C8H15NO6. The van der Waals surface area contributed by atoms with Crippen molar-refractivity contribution in [1.29, 1.82) is 0 Å². The van der Waals surface area contributed by atoms with Crippen molar-refractivity contribution >= 4 is 5.97 Å². The number of aliphatic hydroxyl groups excluding tert-OH is 3. The molecule has 1 unspecified atom stereocenters. The van der Waals surface area contributed by atoms with Crippen molar-refractivity contribution in [2.24, 2.45) is 5.73 Å². The lowest BCUT2D eigenvalue weighted by Gasteiger charge is -2.39. The second-order valence-electron chi connectivity index (χ2n) is 3.38. The van der Waals surface area contributed by atoms with Crippen molar-refractivity contribution in [1.82, 2.24) is 0 Å². The number of hydrogen-bond donors (Lipinski definition) is 4. The van der Waals surface area contributed by atoms with Gasteiger partial charge in [0.15, 0.2) is 6.10 Å². The molecule has 15 heavy (non-hydrogen) atoms. The molecule has 1 aliphatic heterocycles. The van der Waals surface area contributed by atoms with Crippen LogP contribution in [0.4, 0.5) is 0 Å². The number of carbonyl (C=O) groups is 1. The molecule has 1 saturated heterocycles. The molecule has 0 saturated carbocycles. The molecule has 0 amide bonds. The summed E-state index contributed by atoms with van der Waals surface area (Å²) in [5.41, 5.74) is 5.46. The Balaban J connectivity index is 2.70. The summed E-state index contributed by atoms with van der Waals surface area (Å²) in [7, 11) is 0. The van der Waals surface area contributed by atoms with E-state index in [1.165, 1.54) is 0 Å². The molecule has 0 aromatic rings. The van der Waals surface area contributed by atoms with Crippen LogP contribution in [0, 0.1) is 0 Å². The molecule has 1 heterocycles. The van der Waals surface area contributed by atoms with Gasteiger partial charge in [-0.2, -0.15) is 0 Å². The smallest absolute Gasteiger partial charge is 0.303 e. The van der Waals surface area contributed by atoms with E-state index in [1.807, 2.05) is 0 Å². The Morgan fingerprint density at radius 1 is 1.47 bits per heavy atom. The summed E-state index contributed by atoms with van der Waals surface area (Å²) in [6.07, 6.45) is -5.86. The van der Waals surface area contributed by atoms with Gasteiger partial charge in [0.1, 0.15) is 24.5 Å². The molecule has 7 heteroatoms. The van der Waals surface area contributed by atoms with E-state index in [0.717, 1.165) is 6.92 Å². The molecule has 0 radical (unpaired) electrons. The van der Waals surface area contributed by atoms with Crippen molar-refractivity contribution in [3.63, 3.8) is 0 Å². The SMILES string of the molecule is CC(=O)O[C@H]1C(N)O[C@H](CO)[C@@H](O)[C@@H]1O. The number of esters is 1. The number of carbonyl (C=O) groups excluding carboxylic acids is 1. The first-order valence-corrected chi connectivity index (χ1v) is 4.52. The fourth-order valence-corrected chi connectivity index (χ4v) is 1.45. The first-order valence-electron chi connectivity index (χ1n) is 4.52. The van der Waals surface area contributed by atoms with Gasteiger partial charge in [0, 0.05) is 6.92 Å². The zero-order chi connectivity index (χ0) is 11.6. The van der Waals surface area contributed by atoms with E-state index in [1.54, 1.807) is 0 Å². The second kappa shape index (κ2) is 4.86. The third kappa shape index (κ3) is 2.64. The highest BCUT2D eigenvalue weighted by molar-refractivity contribution is 5.66. The van der Waals surface area contributed by atoms with Crippen LogP contribution in [0.15, 0.2) is 0 Å². The predicted octanol–water partition coefficient (Wildman–Crippen LogP) is -2.68. The highest BCUT2D eigenvalue weighted by Gasteiger charge is 2.44. The Kier molecular flexibility index (Phi) is 4.00. The van der Waals surface area contributed by atoms with Crippen LogP contribution >= 0.6 is 0 Å². The van der Waals surface area contributed by atoms with Crippen LogP contribution in [0.25, 0.3) is 0 Å². The van der Waals surface area contributed by atoms with E-state index in [0.29, 0.717) is 0 Å². The average Bonchev–Trinajstić information content (AvgIpc) is 2.18. The van der Waals surface area contributed by atoms with Crippen LogP contribution in [-0.4, -0.2) is 58.5 Å². The lowest BCUT2D eigenvalue weighted by Crippen LogP contribution is -2.62. The van der Waals surface area contributed by atoms with Crippen molar-refractivity contribution in [2.75, 3.05) is 6.61 Å². The fourth-order valence-electron chi connectivity index (χ4n) is 1.45.